The molecule has 3 heteroatoms. The van der Waals surface area contributed by atoms with E-state index in [9.17, 15) is 0 Å². The molecule has 0 atom stereocenters. The van der Waals surface area contributed by atoms with Crippen LogP contribution in [0.4, 0.5) is 11.4 Å². The highest BCUT2D eigenvalue weighted by Gasteiger charge is 2.21. The van der Waals surface area contributed by atoms with Gasteiger partial charge in [0.2, 0.25) is 0 Å². The summed E-state index contributed by atoms with van der Waals surface area (Å²) in [7, 11) is 2.18. The van der Waals surface area contributed by atoms with Crippen molar-refractivity contribution in [1.82, 2.24) is 5.32 Å². The Kier molecular flexibility index (Phi) is 3.41. The van der Waals surface area contributed by atoms with E-state index in [1.165, 1.54) is 30.8 Å². The Morgan fingerprint density at radius 2 is 1.94 bits per heavy atom. The van der Waals surface area contributed by atoms with Crippen molar-refractivity contribution in [2.75, 3.05) is 49.6 Å². The summed E-state index contributed by atoms with van der Waals surface area (Å²) in [5, 5.41) is 3.58. The van der Waals surface area contributed by atoms with Crippen LogP contribution >= 0.6 is 0 Å². The van der Waals surface area contributed by atoms with Crippen molar-refractivity contribution in [1.29, 1.82) is 0 Å². The van der Waals surface area contributed by atoms with Gasteiger partial charge in [-0.3, -0.25) is 0 Å². The van der Waals surface area contributed by atoms with Crippen molar-refractivity contribution in [3.05, 3.63) is 24.3 Å². The van der Waals surface area contributed by atoms with Crippen LogP contribution in [-0.2, 0) is 0 Å². The molecule has 1 aliphatic heterocycles. The quantitative estimate of drug-likeness (QED) is 0.800. The first kappa shape index (κ1) is 11.8. The minimum atomic E-state index is 0.977. The number of rotatable bonds is 5. The van der Waals surface area contributed by atoms with Gasteiger partial charge in [-0.25, -0.2) is 0 Å². The van der Waals surface area contributed by atoms with Crippen LogP contribution in [0.3, 0.4) is 0 Å². The number of benzene rings is 1. The van der Waals surface area contributed by atoms with E-state index in [-0.39, 0.29) is 0 Å². The Labute approximate surface area is 110 Å². The summed E-state index contributed by atoms with van der Waals surface area (Å²) in [5.41, 5.74) is 2.76. The molecule has 1 saturated carbocycles. The van der Waals surface area contributed by atoms with Crippen LogP contribution in [0.5, 0.6) is 0 Å². The zero-order valence-electron chi connectivity index (χ0n) is 11.2. The second-order valence-corrected chi connectivity index (χ2v) is 5.54. The van der Waals surface area contributed by atoms with Crippen molar-refractivity contribution >= 4 is 11.4 Å². The van der Waals surface area contributed by atoms with Crippen molar-refractivity contribution in [3.8, 4) is 0 Å². The minimum absolute atomic E-state index is 0.977. The zero-order valence-corrected chi connectivity index (χ0v) is 11.2. The van der Waals surface area contributed by atoms with Gasteiger partial charge in [0.25, 0.3) is 0 Å². The monoisotopic (exact) mass is 245 g/mol. The van der Waals surface area contributed by atoms with Gasteiger partial charge in [0, 0.05) is 33.2 Å². The molecular formula is C15H23N3. The molecule has 0 spiro atoms. The fourth-order valence-electron chi connectivity index (χ4n) is 2.64. The van der Waals surface area contributed by atoms with E-state index in [1.54, 1.807) is 0 Å². The fraction of sp³-hybridized carbons (Fsp3) is 0.600. The predicted octanol–water partition coefficient (Wildman–Crippen LogP) is 1.94. The highest BCUT2D eigenvalue weighted by Crippen LogP contribution is 2.31. The summed E-state index contributed by atoms with van der Waals surface area (Å²) in [5.74, 6) is 0.977. The Morgan fingerprint density at radius 1 is 1.17 bits per heavy atom. The second kappa shape index (κ2) is 5.19. The summed E-state index contributed by atoms with van der Waals surface area (Å²) in [6.07, 6.45) is 2.87. The normalized spacial score (nSPS) is 18.9. The predicted molar refractivity (Wildman–Crippen MR) is 77.5 cm³/mol. The minimum Gasteiger partial charge on any atom is -0.371 e. The standard InChI is InChI=1S/C15H23N3/c1-17-10-11-18(9-8-16-12-13-6-7-13)15-5-3-2-4-14(15)17/h2-5,13,16H,6-12H2,1H3. The molecule has 1 N–H and O–H groups in total. The maximum Gasteiger partial charge on any atom is 0.0605 e. The van der Waals surface area contributed by atoms with Crippen LogP contribution in [0.2, 0.25) is 0 Å². The van der Waals surface area contributed by atoms with E-state index in [2.05, 4.69) is 46.4 Å². The first-order valence-corrected chi connectivity index (χ1v) is 7.10. The van der Waals surface area contributed by atoms with E-state index in [0.717, 1.165) is 32.1 Å². The van der Waals surface area contributed by atoms with Crippen LogP contribution in [0.1, 0.15) is 12.8 Å². The number of nitrogens with one attached hydrogen (secondary N) is 1. The molecule has 0 bridgehead atoms. The molecule has 2 aliphatic rings. The third kappa shape index (κ3) is 2.61. The molecule has 1 aliphatic carbocycles. The number of anilines is 2. The van der Waals surface area contributed by atoms with E-state index in [0.29, 0.717) is 0 Å². The lowest BCUT2D eigenvalue weighted by atomic mass is 10.2. The number of hydrogen-bond acceptors (Lipinski definition) is 3. The number of para-hydroxylation sites is 2. The Balaban J connectivity index is 1.57. The van der Waals surface area contributed by atoms with Gasteiger partial charge in [-0.15, -0.1) is 0 Å². The third-order valence-electron chi connectivity index (χ3n) is 4.03. The van der Waals surface area contributed by atoms with Crippen molar-refractivity contribution < 1.29 is 0 Å². The molecule has 0 radical (unpaired) electrons. The molecule has 18 heavy (non-hydrogen) atoms. The molecule has 3 nitrogen and oxygen atoms in total. The van der Waals surface area contributed by atoms with E-state index >= 15 is 0 Å². The number of hydrogen-bond donors (Lipinski definition) is 1. The average molecular weight is 245 g/mol. The molecule has 1 aromatic rings. The molecule has 1 aromatic carbocycles. The van der Waals surface area contributed by atoms with Crippen LogP contribution in [0.25, 0.3) is 0 Å². The molecule has 0 unspecified atom stereocenters. The summed E-state index contributed by atoms with van der Waals surface area (Å²) in [6, 6.07) is 8.73. The maximum absolute atomic E-state index is 3.58. The lowest BCUT2D eigenvalue weighted by Gasteiger charge is -2.37. The Bertz CT molecular complexity index is 400. The molecule has 1 fully saturated rings. The van der Waals surface area contributed by atoms with E-state index in [4.69, 9.17) is 0 Å². The smallest absolute Gasteiger partial charge is 0.0605 e. The molecule has 0 saturated heterocycles. The summed E-state index contributed by atoms with van der Waals surface area (Å²) < 4.78 is 0. The first-order chi connectivity index (χ1) is 8.84. The molecule has 0 aromatic heterocycles. The van der Waals surface area contributed by atoms with Crippen LogP contribution in [0, 0.1) is 5.92 Å². The zero-order chi connectivity index (χ0) is 12.4. The highest BCUT2D eigenvalue weighted by molar-refractivity contribution is 5.73. The van der Waals surface area contributed by atoms with Gasteiger partial charge in [-0.2, -0.15) is 0 Å². The summed E-state index contributed by atoms with van der Waals surface area (Å²) in [6.45, 7) is 5.71. The van der Waals surface area contributed by atoms with Gasteiger partial charge >= 0.3 is 0 Å². The Hall–Kier alpha value is -1.22. The fourth-order valence-corrected chi connectivity index (χ4v) is 2.64. The third-order valence-corrected chi connectivity index (χ3v) is 4.03. The largest absolute Gasteiger partial charge is 0.371 e. The van der Waals surface area contributed by atoms with Crippen molar-refractivity contribution in [3.63, 3.8) is 0 Å². The van der Waals surface area contributed by atoms with Gasteiger partial charge in [0.15, 0.2) is 0 Å². The average Bonchev–Trinajstić information content (AvgIpc) is 3.21. The Morgan fingerprint density at radius 3 is 2.72 bits per heavy atom. The lowest BCUT2D eigenvalue weighted by Crippen LogP contribution is -2.42. The molecule has 0 amide bonds. The number of nitrogens with zero attached hydrogens (tertiary/aromatic N) is 2. The van der Waals surface area contributed by atoms with Crippen LogP contribution in [-0.4, -0.2) is 39.8 Å². The molecular weight excluding hydrogens is 222 g/mol. The van der Waals surface area contributed by atoms with Crippen LogP contribution < -0.4 is 15.1 Å². The van der Waals surface area contributed by atoms with Crippen molar-refractivity contribution in [2.24, 2.45) is 5.92 Å². The van der Waals surface area contributed by atoms with Crippen molar-refractivity contribution in [2.45, 2.75) is 12.8 Å². The first-order valence-electron chi connectivity index (χ1n) is 7.10. The highest BCUT2D eigenvalue weighted by atomic mass is 15.3. The molecule has 1 heterocycles. The number of likely N-dealkylation sites (N-methyl/N-ethyl adjacent to an activating group) is 1. The maximum atomic E-state index is 3.58. The topological polar surface area (TPSA) is 18.5 Å². The molecule has 3 rings (SSSR count). The number of fused-ring (bicyclic) bond motifs is 1. The van der Waals surface area contributed by atoms with Crippen LogP contribution in [0.15, 0.2) is 24.3 Å². The van der Waals surface area contributed by atoms with Gasteiger partial charge in [0.05, 0.1) is 11.4 Å². The van der Waals surface area contributed by atoms with Gasteiger partial charge in [-0.05, 0) is 37.4 Å². The van der Waals surface area contributed by atoms with Gasteiger partial charge < -0.3 is 15.1 Å². The summed E-state index contributed by atoms with van der Waals surface area (Å²) >= 11 is 0. The lowest BCUT2D eigenvalue weighted by molar-refractivity contribution is 0.617. The van der Waals surface area contributed by atoms with E-state index in [1.807, 2.05) is 0 Å². The van der Waals surface area contributed by atoms with Gasteiger partial charge in [0.1, 0.15) is 0 Å². The van der Waals surface area contributed by atoms with E-state index < -0.39 is 0 Å². The second-order valence-electron chi connectivity index (χ2n) is 5.54. The summed E-state index contributed by atoms with van der Waals surface area (Å²) in [4.78, 5) is 4.86. The molecule has 98 valence electrons. The SMILES string of the molecule is CN1CCN(CCNCC2CC2)c2ccccc21. The van der Waals surface area contributed by atoms with Gasteiger partial charge in [-0.1, -0.05) is 12.1 Å².